The average Bonchev–Trinajstić information content (AvgIpc) is 3.34. The average molecular weight is 380 g/mol. The number of carbonyl (C=O) groups is 1. The van der Waals surface area contributed by atoms with Gasteiger partial charge in [-0.25, -0.2) is 0 Å². The molecule has 3 nitrogen and oxygen atoms in total. The van der Waals surface area contributed by atoms with Crippen LogP contribution in [0.4, 0.5) is 11.4 Å². The monoisotopic (exact) mass is 380 g/mol. The fourth-order valence-corrected chi connectivity index (χ4v) is 4.37. The Hall–Kier alpha value is -1.86. The molecule has 1 atom stereocenters. The van der Waals surface area contributed by atoms with E-state index in [9.17, 15) is 4.79 Å². The van der Waals surface area contributed by atoms with E-state index < -0.39 is 0 Å². The second-order valence-electron chi connectivity index (χ2n) is 8.69. The topological polar surface area (TPSA) is 32.3 Å². The maximum Gasteiger partial charge on any atom is 0.224 e. The van der Waals surface area contributed by atoms with E-state index in [1.165, 1.54) is 35.0 Å². The van der Waals surface area contributed by atoms with Crippen molar-refractivity contribution in [2.24, 2.45) is 5.41 Å². The third-order valence-electron chi connectivity index (χ3n) is 6.08. The second-order valence-corrected chi connectivity index (χ2v) is 9.36. The van der Waals surface area contributed by atoms with Crippen molar-refractivity contribution in [1.29, 1.82) is 0 Å². The summed E-state index contributed by atoms with van der Waals surface area (Å²) >= 11 is 0. The molecule has 1 fully saturated rings. The molecule has 2 aromatic carbocycles. The molecule has 1 unspecified atom stereocenters. The number of nitrogens with one attached hydrogen (secondary N) is 1. The number of aryl methyl sites for hydroxylation is 2. The lowest BCUT2D eigenvalue weighted by Gasteiger charge is -2.32. The summed E-state index contributed by atoms with van der Waals surface area (Å²) in [6.45, 7) is 8.38. The van der Waals surface area contributed by atoms with Gasteiger partial charge in [0.05, 0.1) is 0 Å². The van der Waals surface area contributed by atoms with Gasteiger partial charge in [0.25, 0.3) is 0 Å². The van der Waals surface area contributed by atoms with Gasteiger partial charge in [0.15, 0.2) is 0 Å². The minimum atomic E-state index is 0.147. The van der Waals surface area contributed by atoms with Gasteiger partial charge in [0, 0.05) is 30.9 Å². The summed E-state index contributed by atoms with van der Waals surface area (Å²) in [6, 6.07) is 11.1. The van der Waals surface area contributed by atoms with Crippen LogP contribution in [-0.2, 0) is 17.8 Å². The Morgan fingerprint density at radius 1 is 1.15 bits per heavy atom. The van der Waals surface area contributed by atoms with Crippen molar-refractivity contribution in [2.45, 2.75) is 53.0 Å². The third kappa shape index (κ3) is 4.04. The van der Waals surface area contributed by atoms with Crippen LogP contribution in [0, 0.1) is 19.3 Å². The first kappa shape index (κ1) is 18.5. The van der Waals surface area contributed by atoms with Crippen molar-refractivity contribution in [1.82, 2.24) is 0 Å². The highest BCUT2D eigenvalue weighted by Crippen LogP contribution is 2.48. The number of amides is 1. The summed E-state index contributed by atoms with van der Waals surface area (Å²) in [5, 5.41) is 4.43. The lowest BCUT2D eigenvalue weighted by atomic mass is 9.98. The Morgan fingerprint density at radius 2 is 1.85 bits per heavy atom. The Kier molecular flexibility index (Phi) is 4.76. The quantitative estimate of drug-likeness (QED) is 0.793. The molecule has 1 heterocycles. The molecule has 1 amide bonds. The minimum absolute atomic E-state index is 0.147. The van der Waals surface area contributed by atoms with Crippen molar-refractivity contribution in [3.8, 4) is 0 Å². The first-order valence-electron chi connectivity index (χ1n) is 9.86. The van der Waals surface area contributed by atoms with Crippen LogP contribution in [-0.4, -0.2) is 12.5 Å². The lowest BCUT2D eigenvalue weighted by Crippen LogP contribution is -2.31. The molecule has 0 radical (unpaired) electrons. The number of nitrogens with zero attached hydrogens (tertiary/aromatic N) is 1. The number of fused-ring (bicyclic) bond motifs is 1. The molecule has 2 aliphatic rings. The molecular formula is C23H29N2OP. The van der Waals surface area contributed by atoms with Gasteiger partial charge in [-0.15, -0.1) is 9.24 Å². The Morgan fingerprint density at radius 3 is 2.52 bits per heavy atom. The van der Waals surface area contributed by atoms with E-state index in [-0.39, 0.29) is 11.3 Å². The first-order chi connectivity index (χ1) is 12.8. The standard InChI is InChI=1S/C23H29N2OP/c1-15-10-19(25-9-6-17-12-20(27)5-4-18(17)14-25)11-16(2)22(15)24-21(26)13-23(3)7-8-23/h4-5,10-12H,6-9,13-14,27H2,1-3H3,(H,24,26). The van der Waals surface area contributed by atoms with Gasteiger partial charge in [0.2, 0.25) is 5.91 Å². The Bertz CT molecular complexity index is 878. The number of carbonyl (C=O) groups excluding carboxylic acids is 1. The molecule has 142 valence electrons. The lowest BCUT2D eigenvalue weighted by molar-refractivity contribution is -0.117. The van der Waals surface area contributed by atoms with Crippen LogP contribution in [0.3, 0.4) is 0 Å². The van der Waals surface area contributed by atoms with Crippen molar-refractivity contribution >= 4 is 31.8 Å². The minimum Gasteiger partial charge on any atom is -0.367 e. The number of anilines is 2. The maximum atomic E-state index is 12.4. The van der Waals surface area contributed by atoms with Gasteiger partial charge < -0.3 is 10.2 Å². The maximum absolute atomic E-state index is 12.4. The Balaban J connectivity index is 1.51. The highest BCUT2D eigenvalue weighted by atomic mass is 31.0. The van der Waals surface area contributed by atoms with Crippen LogP contribution in [0.1, 0.15) is 48.4 Å². The number of rotatable bonds is 4. The van der Waals surface area contributed by atoms with E-state index in [1.54, 1.807) is 0 Å². The van der Waals surface area contributed by atoms with Gasteiger partial charge in [-0.3, -0.25) is 4.79 Å². The molecule has 1 saturated carbocycles. The largest absolute Gasteiger partial charge is 0.367 e. The molecule has 1 N–H and O–H groups in total. The molecule has 4 heteroatoms. The molecule has 0 aromatic heterocycles. The Labute approximate surface area is 164 Å². The van der Waals surface area contributed by atoms with E-state index in [0.717, 1.165) is 36.3 Å². The van der Waals surface area contributed by atoms with E-state index >= 15 is 0 Å². The zero-order valence-corrected chi connectivity index (χ0v) is 17.7. The molecule has 2 aromatic rings. The predicted octanol–water partition coefficient (Wildman–Crippen LogP) is 4.50. The van der Waals surface area contributed by atoms with Gasteiger partial charge in [-0.2, -0.15) is 0 Å². The summed E-state index contributed by atoms with van der Waals surface area (Å²) in [4.78, 5) is 14.8. The highest BCUT2D eigenvalue weighted by molar-refractivity contribution is 7.27. The van der Waals surface area contributed by atoms with Gasteiger partial charge in [-0.05, 0) is 78.2 Å². The smallest absolute Gasteiger partial charge is 0.224 e. The molecule has 0 saturated heterocycles. The summed E-state index contributed by atoms with van der Waals surface area (Å²) in [5.41, 5.74) is 7.64. The summed E-state index contributed by atoms with van der Waals surface area (Å²) in [6.07, 6.45) is 4.05. The van der Waals surface area contributed by atoms with Crippen LogP contribution >= 0.6 is 9.24 Å². The fourth-order valence-electron chi connectivity index (χ4n) is 4.08. The van der Waals surface area contributed by atoms with Crippen molar-refractivity contribution in [3.63, 3.8) is 0 Å². The predicted molar refractivity (Wildman–Crippen MR) is 117 cm³/mol. The molecule has 0 spiro atoms. The van der Waals surface area contributed by atoms with E-state index in [2.05, 4.69) is 70.6 Å². The number of hydrogen-bond donors (Lipinski definition) is 1. The number of benzene rings is 2. The SMILES string of the molecule is Cc1cc(N2CCc3cc(P)ccc3C2)cc(C)c1NC(=O)CC1(C)CC1. The summed E-state index contributed by atoms with van der Waals surface area (Å²) in [5.74, 6) is 0.147. The molecule has 0 bridgehead atoms. The van der Waals surface area contributed by atoms with Gasteiger partial charge in [-0.1, -0.05) is 25.1 Å². The van der Waals surface area contributed by atoms with Crippen LogP contribution in [0.5, 0.6) is 0 Å². The van der Waals surface area contributed by atoms with Crippen molar-refractivity contribution < 1.29 is 4.79 Å². The second kappa shape index (κ2) is 6.95. The van der Waals surface area contributed by atoms with Crippen LogP contribution in [0.15, 0.2) is 30.3 Å². The molecule has 4 rings (SSSR count). The normalized spacial score (nSPS) is 17.4. The zero-order valence-electron chi connectivity index (χ0n) is 16.6. The molecule has 1 aliphatic heterocycles. The van der Waals surface area contributed by atoms with Crippen LogP contribution in [0.2, 0.25) is 0 Å². The summed E-state index contributed by atoms with van der Waals surface area (Å²) < 4.78 is 0. The van der Waals surface area contributed by atoms with Crippen molar-refractivity contribution in [3.05, 3.63) is 52.6 Å². The highest BCUT2D eigenvalue weighted by Gasteiger charge is 2.39. The van der Waals surface area contributed by atoms with Crippen LogP contribution < -0.4 is 15.5 Å². The molecule has 27 heavy (non-hydrogen) atoms. The van der Waals surface area contributed by atoms with Crippen molar-refractivity contribution in [2.75, 3.05) is 16.8 Å². The number of hydrogen-bond acceptors (Lipinski definition) is 2. The molecule has 1 aliphatic carbocycles. The zero-order chi connectivity index (χ0) is 19.2. The summed E-state index contributed by atoms with van der Waals surface area (Å²) in [7, 11) is 2.79. The van der Waals surface area contributed by atoms with E-state index in [0.29, 0.717) is 6.42 Å². The van der Waals surface area contributed by atoms with E-state index in [4.69, 9.17) is 0 Å². The first-order valence-corrected chi connectivity index (χ1v) is 10.4. The van der Waals surface area contributed by atoms with Crippen LogP contribution in [0.25, 0.3) is 0 Å². The fraction of sp³-hybridized carbons (Fsp3) is 0.435. The third-order valence-corrected chi connectivity index (χ3v) is 6.44. The van der Waals surface area contributed by atoms with E-state index in [1.807, 2.05) is 0 Å². The van der Waals surface area contributed by atoms with Gasteiger partial charge in [0.1, 0.15) is 0 Å². The van der Waals surface area contributed by atoms with Gasteiger partial charge >= 0.3 is 0 Å². The molecular weight excluding hydrogens is 351 g/mol.